The van der Waals surface area contributed by atoms with E-state index < -0.39 is 40.3 Å². The molecule has 0 bridgehead atoms. The van der Waals surface area contributed by atoms with Crippen molar-refractivity contribution in [3.05, 3.63) is 89.5 Å². The predicted molar refractivity (Wildman–Crippen MR) is 151 cm³/mol. The third-order valence-corrected chi connectivity index (χ3v) is 9.07. The molecule has 1 amide bonds. The summed E-state index contributed by atoms with van der Waals surface area (Å²) in [6, 6.07) is 17.3. The Morgan fingerprint density at radius 1 is 1.02 bits per heavy atom. The molecule has 1 saturated heterocycles. The number of hydrogen-bond acceptors (Lipinski definition) is 4. The topological polar surface area (TPSA) is 69.7 Å². The Labute approximate surface area is 233 Å². The van der Waals surface area contributed by atoms with Crippen LogP contribution in [0, 0.1) is 12.8 Å². The van der Waals surface area contributed by atoms with Crippen LogP contribution < -0.4 is 14.5 Å². The van der Waals surface area contributed by atoms with Crippen LogP contribution in [0.15, 0.2) is 77.7 Å². The zero-order valence-electron chi connectivity index (χ0n) is 22.8. The zero-order chi connectivity index (χ0) is 29.1. The number of sulfonamides is 1. The summed E-state index contributed by atoms with van der Waals surface area (Å²) in [5.41, 5.74) is 1.49. The molecule has 0 radical (unpaired) electrons. The van der Waals surface area contributed by atoms with E-state index in [0.29, 0.717) is 0 Å². The molecule has 1 N–H and O–H groups in total. The number of aryl methyl sites for hydroxylation is 1. The molecule has 3 aromatic rings. The molecule has 1 fully saturated rings. The van der Waals surface area contributed by atoms with Crippen LogP contribution in [0.4, 0.5) is 24.5 Å². The quantitative estimate of drug-likeness (QED) is 0.342. The van der Waals surface area contributed by atoms with Gasteiger partial charge in [-0.1, -0.05) is 42.8 Å². The first-order chi connectivity index (χ1) is 18.8. The van der Waals surface area contributed by atoms with Crippen LogP contribution in [-0.2, 0) is 21.0 Å². The van der Waals surface area contributed by atoms with E-state index in [1.54, 1.807) is 26.0 Å². The number of halogens is 3. The SMILES string of the molecule is Cc1ccc(S(=O)(=O)N(CC(=O)NC(C)c2ccc(N3CCC(C)CC3)cc2)c2cccc(C(F)(F)F)c2)cc1. The second kappa shape index (κ2) is 11.9. The molecule has 40 heavy (non-hydrogen) atoms. The largest absolute Gasteiger partial charge is 0.416 e. The lowest BCUT2D eigenvalue weighted by Crippen LogP contribution is -2.41. The number of carbonyl (C=O) groups excluding carboxylic acids is 1. The number of benzene rings is 3. The van der Waals surface area contributed by atoms with Gasteiger partial charge in [0.05, 0.1) is 22.2 Å². The van der Waals surface area contributed by atoms with Crippen molar-refractivity contribution in [2.24, 2.45) is 5.92 Å². The second-order valence-corrected chi connectivity index (χ2v) is 12.3. The molecule has 214 valence electrons. The number of rotatable bonds is 8. The Morgan fingerprint density at radius 2 is 1.65 bits per heavy atom. The molecule has 1 aliphatic rings. The summed E-state index contributed by atoms with van der Waals surface area (Å²) < 4.78 is 68.1. The standard InChI is InChI=1S/C30H34F3N3O3S/c1-21-7-13-28(14-8-21)40(38,39)36(27-6-4-5-25(19-27)30(31,32)33)20-29(37)34-23(3)24-9-11-26(12-10-24)35-17-15-22(2)16-18-35/h4-14,19,22-23H,15-18,20H2,1-3H3,(H,34,37). The minimum Gasteiger partial charge on any atom is -0.372 e. The van der Waals surface area contributed by atoms with Gasteiger partial charge in [-0.2, -0.15) is 13.2 Å². The molecular formula is C30H34F3N3O3S. The molecule has 0 saturated carbocycles. The van der Waals surface area contributed by atoms with Crippen molar-refractivity contribution in [2.45, 2.75) is 50.7 Å². The van der Waals surface area contributed by atoms with E-state index in [4.69, 9.17) is 0 Å². The van der Waals surface area contributed by atoms with E-state index in [2.05, 4.69) is 17.1 Å². The fourth-order valence-corrected chi connectivity index (χ4v) is 6.14. The van der Waals surface area contributed by atoms with Crippen molar-refractivity contribution in [3.8, 4) is 0 Å². The van der Waals surface area contributed by atoms with E-state index in [1.165, 1.54) is 18.2 Å². The molecule has 10 heteroatoms. The maximum atomic E-state index is 13.6. The molecule has 0 aliphatic carbocycles. The summed E-state index contributed by atoms with van der Waals surface area (Å²) in [6.45, 7) is 7.12. The fraction of sp³-hybridized carbons (Fsp3) is 0.367. The maximum absolute atomic E-state index is 13.6. The smallest absolute Gasteiger partial charge is 0.372 e. The Morgan fingerprint density at radius 3 is 2.25 bits per heavy atom. The van der Waals surface area contributed by atoms with E-state index in [9.17, 15) is 26.4 Å². The monoisotopic (exact) mass is 573 g/mol. The van der Waals surface area contributed by atoms with Gasteiger partial charge in [0.1, 0.15) is 6.54 Å². The summed E-state index contributed by atoms with van der Waals surface area (Å²) in [6.07, 6.45) is -2.39. The maximum Gasteiger partial charge on any atom is 0.416 e. The van der Waals surface area contributed by atoms with E-state index >= 15 is 0 Å². The van der Waals surface area contributed by atoms with Crippen LogP contribution in [0.1, 0.15) is 49.4 Å². The second-order valence-electron chi connectivity index (χ2n) is 10.4. The summed E-state index contributed by atoms with van der Waals surface area (Å²) >= 11 is 0. The van der Waals surface area contributed by atoms with Crippen LogP contribution in [0.25, 0.3) is 0 Å². The average Bonchev–Trinajstić information content (AvgIpc) is 2.92. The molecular weight excluding hydrogens is 539 g/mol. The first-order valence-electron chi connectivity index (χ1n) is 13.3. The Bertz CT molecular complexity index is 1420. The van der Waals surface area contributed by atoms with Gasteiger partial charge in [-0.15, -0.1) is 0 Å². The summed E-state index contributed by atoms with van der Waals surface area (Å²) in [5.74, 6) is 0.0748. The molecule has 0 aromatic heterocycles. The van der Waals surface area contributed by atoms with Crippen molar-refractivity contribution in [1.29, 1.82) is 0 Å². The third kappa shape index (κ3) is 6.96. The molecule has 1 atom stereocenters. The molecule has 0 spiro atoms. The Kier molecular flexibility index (Phi) is 8.77. The normalized spacial score (nSPS) is 15.5. The van der Waals surface area contributed by atoms with Gasteiger partial charge in [0, 0.05) is 18.8 Å². The number of nitrogens with zero attached hydrogens (tertiary/aromatic N) is 2. The minimum absolute atomic E-state index is 0.126. The number of anilines is 2. The zero-order valence-corrected chi connectivity index (χ0v) is 23.6. The van der Waals surface area contributed by atoms with Crippen molar-refractivity contribution in [3.63, 3.8) is 0 Å². The van der Waals surface area contributed by atoms with E-state index in [-0.39, 0.29) is 10.6 Å². The number of nitrogens with one attached hydrogen (secondary N) is 1. The van der Waals surface area contributed by atoms with Gasteiger partial charge in [0.2, 0.25) is 5.91 Å². The summed E-state index contributed by atoms with van der Waals surface area (Å²) in [5, 5.41) is 2.80. The highest BCUT2D eigenvalue weighted by Gasteiger charge is 2.33. The number of piperidine rings is 1. The first-order valence-corrected chi connectivity index (χ1v) is 14.7. The van der Waals surface area contributed by atoms with Gasteiger partial charge < -0.3 is 10.2 Å². The number of hydrogen-bond donors (Lipinski definition) is 1. The van der Waals surface area contributed by atoms with Gasteiger partial charge in [0.25, 0.3) is 10.0 Å². The van der Waals surface area contributed by atoms with E-state index in [0.717, 1.165) is 71.2 Å². The average molecular weight is 574 g/mol. The van der Waals surface area contributed by atoms with Crippen LogP contribution in [0.2, 0.25) is 0 Å². The molecule has 1 unspecified atom stereocenters. The van der Waals surface area contributed by atoms with Crippen molar-refractivity contribution >= 4 is 27.3 Å². The number of carbonyl (C=O) groups is 1. The minimum atomic E-state index is -4.68. The molecule has 6 nitrogen and oxygen atoms in total. The van der Waals surface area contributed by atoms with Crippen molar-refractivity contribution in [1.82, 2.24) is 5.32 Å². The Hall–Kier alpha value is -3.53. The van der Waals surface area contributed by atoms with Crippen LogP contribution in [-0.4, -0.2) is 34.0 Å². The van der Waals surface area contributed by atoms with E-state index in [1.807, 2.05) is 24.3 Å². The highest BCUT2D eigenvalue weighted by molar-refractivity contribution is 7.92. The highest BCUT2D eigenvalue weighted by atomic mass is 32.2. The van der Waals surface area contributed by atoms with Gasteiger partial charge in [-0.3, -0.25) is 9.10 Å². The summed E-state index contributed by atoms with van der Waals surface area (Å²) in [4.78, 5) is 15.3. The predicted octanol–water partition coefficient (Wildman–Crippen LogP) is 6.32. The third-order valence-electron chi connectivity index (χ3n) is 7.28. The molecule has 1 aliphatic heterocycles. The lowest BCUT2D eigenvalue weighted by atomic mass is 9.98. The molecule has 4 rings (SSSR count). The lowest BCUT2D eigenvalue weighted by molar-refractivity contribution is -0.137. The van der Waals surface area contributed by atoms with Gasteiger partial charge >= 0.3 is 6.18 Å². The van der Waals surface area contributed by atoms with Crippen LogP contribution >= 0.6 is 0 Å². The molecule has 1 heterocycles. The number of alkyl halides is 3. The van der Waals surface area contributed by atoms with Crippen molar-refractivity contribution in [2.75, 3.05) is 28.8 Å². The first kappa shape index (κ1) is 29.5. The van der Waals surface area contributed by atoms with Crippen molar-refractivity contribution < 1.29 is 26.4 Å². The van der Waals surface area contributed by atoms with Crippen LogP contribution in [0.5, 0.6) is 0 Å². The summed E-state index contributed by atoms with van der Waals surface area (Å²) in [7, 11) is -4.35. The van der Waals surface area contributed by atoms with Gasteiger partial charge in [0.15, 0.2) is 0 Å². The highest BCUT2D eigenvalue weighted by Crippen LogP contribution is 2.33. The lowest BCUT2D eigenvalue weighted by Gasteiger charge is -2.32. The van der Waals surface area contributed by atoms with Gasteiger partial charge in [-0.25, -0.2) is 8.42 Å². The fourth-order valence-electron chi connectivity index (χ4n) is 4.73. The molecule has 3 aromatic carbocycles. The number of amides is 1. The Balaban J connectivity index is 1.54. The van der Waals surface area contributed by atoms with Crippen LogP contribution in [0.3, 0.4) is 0 Å². The van der Waals surface area contributed by atoms with Gasteiger partial charge in [-0.05, 0) is 80.6 Å².